The SMILES string of the molecule is CCN(CC)c1ncc(-c2nc3cc(F)ccc3[nH]2)c(NC2CCCNC2)n1. The van der Waals surface area contributed by atoms with Crippen molar-refractivity contribution in [3.05, 3.63) is 30.2 Å². The van der Waals surface area contributed by atoms with Gasteiger partial charge in [0.1, 0.15) is 17.5 Å². The third-order valence-electron chi connectivity index (χ3n) is 5.16. The molecule has 0 spiro atoms. The molecule has 0 bridgehead atoms. The molecule has 1 aliphatic heterocycles. The maximum atomic E-state index is 13.6. The van der Waals surface area contributed by atoms with Crippen LogP contribution in [0.5, 0.6) is 0 Å². The number of rotatable bonds is 6. The van der Waals surface area contributed by atoms with Crippen LogP contribution in [0.1, 0.15) is 26.7 Å². The quantitative estimate of drug-likeness (QED) is 0.607. The Bertz CT molecular complexity index is 945. The number of anilines is 2. The summed E-state index contributed by atoms with van der Waals surface area (Å²) >= 11 is 0. The summed E-state index contributed by atoms with van der Waals surface area (Å²) in [5.74, 6) is 1.79. The number of halogens is 1. The highest BCUT2D eigenvalue weighted by molar-refractivity contribution is 5.82. The van der Waals surface area contributed by atoms with Gasteiger partial charge in [0.25, 0.3) is 0 Å². The van der Waals surface area contributed by atoms with E-state index < -0.39 is 0 Å². The average Bonchev–Trinajstić information content (AvgIpc) is 3.13. The maximum absolute atomic E-state index is 13.6. The Kier molecular flexibility index (Phi) is 5.38. The van der Waals surface area contributed by atoms with Crippen molar-refractivity contribution < 1.29 is 4.39 Å². The van der Waals surface area contributed by atoms with Crippen molar-refractivity contribution >= 4 is 22.8 Å². The summed E-state index contributed by atoms with van der Waals surface area (Å²) in [7, 11) is 0. The molecule has 0 saturated carbocycles. The Morgan fingerprint density at radius 2 is 2.11 bits per heavy atom. The molecule has 0 radical (unpaired) electrons. The van der Waals surface area contributed by atoms with E-state index in [0.717, 1.165) is 55.9 Å². The number of piperidine rings is 1. The molecule has 3 aromatic rings. The van der Waals surface area contributed by atoms with Crippen LogP contribution in [0.2, 0.25) is 0 Å². The van der Waals surface area contributed by atoms with Gasteiger partial charge in [-0.15, -0.1) is 0 Å². The predicted octanol–water partition coefficient (Wildman–Crippen LogP) is 3.17. The zero-order valence-corrected chi connectivity index (χ0v) is 16.3. The molecular formula is C20H26FN7. The standard InChI is InChI=1S/C20H26FN7/c1-3-28(4-2)20-23-12-15(18(27-20)24-14-6-5-9-22-11-14)19-25-16-8-7-13(21)10-17(16)26-19/h7-8,10,12,14,22H,3-6,9,11H2,1-2H3,(H,25,26)(H,23,24,27). The molecule has 2 aromatic heterocycles. The molecule has 0 amide bonds. The second kappa shape index (κ2) is 8.10. The molecule has 1 atom stereocenters. The van der Waals surface area contributed by atoms with Gasteiger partial charge in [-0.05, 0) is 45.4 Å². The smallest absolute Gasteiger partial charge is 0.227 e. The number of hydrogen-bond acceptors (Lipinski definition) is 6. The van der Waals surface area contributed by atoms with Crippen LogP contribution < -0.4 is 15.5 Å². The molecule has 1 fully saturated rings. The van der Waals surface area contributed by atoms with Crippen molar-refractivity contribution in [2.75, 3.05) is 36.4 Å². The molecule has 148 valence electrons. The number of nitrogens with one attached hydrogen (secondary N) is 3. The van der Waals surface area contributed by atoms with Gasteiger partial charge in [0, 0.05) is 37.9 Å². The van der Waals surface area contributed by atoms with Gasteiger partial charge in [-0.1, -0.05) is 0 Å². The molecule has 4 rings (SSSR count). The largest absolute Gasteiger partial charge is 0.365 e. The molecule has 3 heterocycles. The van der Waals surface area contributed by atoms with E-state index >= 15 is 0 Å². The van der Waals surface area contributed by atoms with Crippen molar-refractivity contribution in [2.45, 2.75) is 32.7 Å². The Morgan fingerprint density at radius 3 is 2.86 bits per heavy atom. The zero-order chi connectivity index (χ0) is 19.5. The van der Waals surface area contributed by atoms with Gasteiger partial charge < -0.3 is 20.5 Å². The van der Waals surface area contributed by atoms with Crippen LogP contribution in [-0.2, 0) is 0 Å². The monoisotopic (exact) mass is 383 g/mol. The number of benzene rings is 1. The molecule has 0 aliphatic carbocycles. The fourth-order valence-corrected chi connectivity index (χ4v) is 3.59. The van der Waals surface area contributed by atoms with Crippen molar-refractivity contribution in [1.29, 1.82) is 0 Å². The predicted molar refractivity (Wildman–Crippen MR) is 110 cm³/mol. The number of imidazole rings is 1. The highest BCUT2D eigenvalue weighted by atomic mass is 19.1. The maximum Gasteiger partial charge on any atom is 0.227 e. The zero-order valence-electron chi connectivity index (χ0n) is 16.3. The lowest BCUT2D eigenvalue weighted by Gasteiger charge is -2.26. The van der Waals surface area contributed by atoms with Crippen LogP contribution in [0.4, 0.5) is 16.2 Å². The van der Waals surface area contributed by atoms with Crippen LogP contribution in [0.25, 0.3) is 22.4 Å². The fraction of sp³-hybridized carbons (Fsp3) is 0.450. The molecule has 1 unspecified atom stereocenters. The first-order chi connectivity index (χ1) is 13.7. The summed E-state index contributed by atoms with van der Waals surface area (Å²) in [4.78, 5) is 19.3. The van der Waals surface area contributed by atoms with E-state index in [1.54, 1.807) is 12.3 Å². The van der Waals surface area contributed by atoms with E-state index in [9.17, 15) is 4.39 Å². The van der Waals surface area contributed by atoms with Crippen LogP contribution in [0.3, 0.4) is 0 Å². The van der Waals surface area contributed by atoms with Gasteiger partial charge in [-0.3, -0.25) is 0 Å². The Hall–Kier alpha value is -2.74. The molecule has 1 aliphatic rings. The topological polar surface area (TPSA) is 81.8 Å². The Balaban J connectivity index is 1.74. The first-order valence-corrected chi connectivity index (χ1v) is 9.92. The number of aromatic amines is 1. The van der Waals surface area contributed by atoms with E-state index in [2.05, 4.69) is 44.3 Å². The highest BCUT2D eigenvalue weighted by Gasteiger charge is 2.19. The van der Waals surface area contributed by atoms with Gasteiger partial charge >= 0.3 is 0 Å². The number of hydrogen-bond donors (Lipinski definition) is 3. The van der Waals surface area contributed by atoms with Gasteiger partial charge in [0.15, 0.2) is 0 Å². The minimum Gasteiger partial charge on any atom is -0.365 e. The van der Waals surface area contributed by atoms with E-state index in [4.69, 9.17) is 4.98 Å². The normalized spacial score (nSPS) is 17.0. The number of aromatic nitrogens is 4. The lowest BCUT2D eigenvalue weighted by molar-refractivity contribution is 0.479. The third kappa shape index (κ3) is 3.77. The summed E-state index contributed by atoms with van der Waals surface area (Å²) in [6.07, 6.45) is 4.01. The highest BCUT2D eigenvalue weighted by Crippen LogP contribution is 2.28. The summed E-state index contributed by atoms with van der Waals surface area (Å²) in [6, 6.07) is 4.86. The summed E-state index contributed by atoms with van der Waals surface area (Å²) in [5, 5.41) is 6.99. The summed E-state index contributed by atoms with van der Waals surface area (Å²) < 4.78 is 13.6. The average molecular weight is 383 g/mol. The summed E-state index contributed by atoms with van der Waals surface area (Å²) in [6.45, 7) is 7.80. The van der Waals surface area contributed by atoms with E-state index in [1.165, 1.54) is 12.1 Å². The third-order valence-corrected chi connectivity index (χ3v) is 5.16. The van der Waals surface area contributed by atoms with E-state index in [-0.39, 0.29) is 5.82 Å². The minimum absolute atomic E-state index is 0.300. The first-order valence-electron chi connectivity index (χ1n) is 9.92. The van der Waals surface area contributed by atoms with E-state index in [1.807, 2.05) is 0 Å². The second-order valence-electron chi connectivity index (χ2n) is 7.04. The fourth-order valence-electron chi connectivity index (χ4n) is 3.59. The van der Waals surface area contributed by atoms with Crippen molar-refractivity contribution in [3.63, 3.8) is 0 Å². The molecular weight excluding hydrogens is 357 g/mol. The molecule has 3 N–H and O–H groups in total. The molecule has 8 heteroatoms. The summed E-state index contributed by atoms with van der Waals surface area (Å²) in [5.41, 5.74) is 2.17. The number of nitrogens with zero attached hydrogens (tertiary/aromatic N) is 4. The van der Waals surface area contributed by atoms with Gasteiger partial charge in [0.2, 0.25) is 5.95 Å². The second-order valence-corrected chi connectivity index (χ2v) is 7.04. The Labute approximate surface area is 163 Å². The van der Waals surface area contributed by atoms with Crippen molar-refractivity contribution in [2.24, 2.45) is 0 Å². The van der Waals surface area contributed by atoms with Crippen molar-refractivity contribution in [3.8, 4) is 11.4 Å². The van der Waals surface area contributed by atoms with Crippen LogP contribution in [0, 0.1) is 5.82 Å². The molecule has 1 aromatic carbocycles. The molecule has 1 saturated heterocycles. The Morgan fingerprint density at radius 1 is 1.25 bits per heavy atom. The van der Waals surface area contributed by atoms with Crippen LogP contribution in [0.15, 0.2) is 24.4 Å². The van der Waals surface area contributed by atoms with Crippen LogP contribution >= 0.6 is 0 Å². The van der Waals surface area contributed by atoms with Gasteiger partial charge in [-0.25, -0.2) is 14.4 Å². The van der Waals surface area contributed by atoms with Gasteiger partial charge in [-0.2, -0.15) is 4.98 Å². The molecule has 7 nitrogen and oxygen atoms in total. The minimum atomic E-state index is -0.301. The lowest BCUT2D eigenvalue weighted by atomic mass is 10.1. The number of fused-ring (bicyclic) bond motifs is 1. The first kappa shape index (κ1) is 18.6. The van der Waals surface area contributed by atoms with E-state index in [0.29, 0.717) is 23.3 Å². The lowest BCUT2D eigenvalue weighted by Crippen LogP contribution is -2.39. The van der Waals surface area contributed by atoms with Crippen molar-refractivity contribution in [1.82, 2.24) is 25.3 Å². The number of H-pyrrole nitrogens is 1. The van der Waals surface area contributed by atoms with Gasteiger partial charge in [0.05, 0.1) is 16.6 Å². The molecule has 28 heavy (non-hydrogen) atoms. The van der Waals surface area contributed by atoms with Crippen LogP contribution in [-0.4, -0.2) is 52.2 Å².